The van der Waals surface area contributed by atoms with Crippen LogP contribution in [0.15, 0.2) is 29.8 Å². The summed E-state index contributed by atoms with van der Waals surface area (Å²) in [7, 11) is 0. The number of thiophene rings is 1. The third-order valence-electron chi connectivity index (χ3n) is 3.82. The lowest BCUT2D eigenvalue weighted by molar-refractivity contribution is 0.0684. The normalized spacial score (nSPS) is 19.3. The molecule has 1 aliphatic heterocycles. The Labute approximate surface area is 143 Å². The molecule has 0 amide bonds. The van der Waals surface area contributed by atoms with Crippen LogP contribution in [0.1, 0.15) is 23.0 Å². The Morgan fingerprint density at radius 3 is 3.17 bits per heavy atom. The van der Waals surface area contributed by atoms with E-state index >= 15 is 0 Å². The second-order valence-corrected chi connectivity index (χ2v) is 6.72. The highest BCUT2D eigenvalue weighted by Gasteiger charge is 2.28. The van der Waals surface area contributed by atoms with E-state index in [1.165, 1.54) is 17.5 Å². The summed E-state index contributed by atoms with van der Waals surface area (Å²) in [5.41, 5.74) is 0.433. The van der Waals surface area contributed by atoms with Crippen molar-refractivity contribution in [3.05, 3.63) is 45.2 Å². The fourth-order valence-corrected chi connectivity index (χ4v) is 3.69. The molecule has 0 unspecified atom stereocenters. The predicted molar refractivity (Wildman–Crippen MR) is 89.8 cm³/mol. The molecule has 3 heterocycles. The van der Waals surface area contributed by atoms with Crippen LogP contribution in [0.5, 0.6) is 0 Å². The molecule has 0 saturated carbocycles. The second-order valence-electron chi connectivity index (χ2n) is 5.33. The quantitative estimate of drug-likeness (QED) is 0.918. The first-order valence-corrected chi connectivity index (χ1v) is 8.56. The van der Waals surface area contributed by atoms with Crippen LogP contribution in [0.2, 0.25) is 5.02 Å². The molecule has 1 fully saturated rings. The average molecular weight is 350 g/mol. The summed E-state index contributed by atoms with van der Waals surface area (Å²) in [4.78, 5) is 7.33. The summed E-state index contributed by atoms with van der Waals surface area (Å²) in [6.45, 7) is 1.75. The molecule has 1 saturated heterocycles. The number of hydrogen-bond donors (Lipinski definition) is 1. The average Bonchev–Trinajstić information content (AvgIpc) is 3.10. The minimum absolute atomic E-state index is 0.0150. The summed E-state index contributed by atoms with van der Waals surface area (Å²) < 4.78 is 5.56. The first kappa shape index (κ1) is 16.2. The Balaban J connectivity index is 1.80. The van der Waals surface area contributed by atoms with Gasteiger partial charge in [-0.25, -0.2) is 4.98 Å². The molecule has 0 bridgehead atoms. The maximum absolute atomic E-state index is 10.4. The molecule has 5 nitrogen and oxygen atoms in total. The van der Waals surface area contributed by atoms with Gasteiger partial charge >= 0.3 is 0 Å². The summed E-state index contributed by atoms with van der Waals surface area (Å²) in [6, 6.07) is 7.49. The summed E-state index contributed by atoms with van der Waals surface area (Å²) in [5, 5.41) is 21.7. The Hall–Kier alpha value is -1.65. The Kier molecular flexibility index (Phi) is 5.13. The molecule has 7 heteroatoms. The molecule has 23 heavy (non-hydrogen) atoms. The second kappa shape index (κ2) is 7.28. The summed E-state index contributed by atoms with van der Waals surface area (Å²) in [5.74, 6) is 0.636. The van der Waals surface area contributed by atoms with Crippen molar-refractivity contribution in [3.63, 3.8) is 0 Å². The number of nitrogens with zero attached hydrogens (tertiary/aromatic N) is 3. The lowest BCUT2D eigenvalue weighted by atomic mass is 10.1. The number of anilines is 1. The molecular weight excluding hydrogens is 334 g/mol. The lowest BCUT2D eigenvalue weighted by Gasteiger charge is -2.37. The molecule has 0 aliphatic carbocycles. The van der Waals surface area contributed by atoms with E-state index in [1.807, 2.05) is 23.6 Å². The predicted octanol–water partition coefficient (Wildman–Crippen LogP) is 3.00. The van der Waals surface area contributed by atoms with E-state index < -0.39 is 6.10 Å². The molecule has 2 atom stereocenters. The number of aliphatic hydroxyl groups excluding tert-OH is 1. The molecule has 1 N–H and O–H groups in total. The molecule has 2 aromatic rings. The van der Waals surface area contributed by atoms with Gasteiger partial charge in [-0.05, 0) is 17.5 Å². The van der Waals surface area contributed by atoms with Crippen LogP contribution >= 0.6 is 22.9 Å². The topological polar surface area (TPSA) is 69.4 Å². The third kappa shape index (κ3) is 3.65. The van der Waals surface area contributed by atoms with E-state index in [9.17, 15) is 5.11 Å². The summed E-state index contributed by atoms with van der Waals surface area (Å²) in [6.07, 6.45) is 1.52. The van der Waals surface area contributed by atoms with E-state index in [4.69, 9.17) is 21.6 Å². The summed E-state index contributed by atoms with van der Waals surface area (Å²) >= 11 is 7.82. The van der Waals surface area contributed by atoms with Crippen molar-refractivity contribution in [2.24, 2.45) is 0 Å². The molecular formula is C16H16ClN3O2S. The number of pyridine rings is 1. The highest BCUT2D eigenvalue weighted by molar-refractivity contribution is 7.10. The van der Waals surface area contributed by atoms with Gasteiger partial charge in [0, 0.05) is 24.0 Å². The van der Waals surface area contributed by atoms with Gasteiger partial charge in [0.05, 0.1) is 35.9 Å². The molecule has 0 spiro atoms. The van der Waals surface area contributed by atoms with E-state index in [-0.39, 0.29) is 6.04 Å². The molecule has 120 valence electrons. The first-order chi connectivity index (χ1) is 11.2. The number of halogens is 1. The Morgan fingerprint density at radius 2 is 2.48 bits per heavy atom. The van der Waals surface area contributed by atoms with Crippen LogP contribution < -0.4 is 4.90 Å². The van der Waals surface area contributed by atoms with Crippen LogP contribution in [-0.2, 0) is 4.74 Å². The number of morpholine rings is 1. The van der Waals surface area contributed by atoms with Crippen LogP contribution in [0.4, 0.5) is 5.82 Å². The minimum atomic E-state index is -0.540. The van der Waals surface area contributed by atoms with Gasteiger partial charge in [0.2, 0.25) is 0 Å². The largest absolute Gasteiger partial charge is 0.387 e. The molecule has 3 rings (SSSR count). The SMILES string of the molecule is N#Cc1cnc(N2CCOC[C@H]2C[C@H](O)c2cccs2)c(Cl)c1. The Morgan fingerprint density at radius 1 is 1.61 bits per heavy atom. The zero-order valence-electron chi connectivity index (χ0n) is 12.4. The highest BCUT2D eigenvalue weighted by Crippen LogP contribution is 2.31. The van der Waals surface area contributed by atoms with Crippen molar-refractivity contribution in [1.82, 2.24) is 4.98 Å². The van der Waals surface area contributed by atoms with Crippen LogP contribution in [0.3, 0.4) is 0 Å². The number of aromatic nitrogens is 1. The molecule has 0 aromatic carbocycles. The molecule has 2 aromatic heterocycles. The number of ether oxygens (including phenoxy) is 1. The zero-order valence-corrected chi connectivity index (χ0v) is 13.9. The maximum atomic E-state index is 10.4. The first-order valence-electron chi connectivity index (χ1n) is 7.30. The van der Waals surface area contributed by atoms with Crippen LogP contribution in [0, 0.1) is 11.3 Å². The Bertz CT molecular complexity index is 702. The van der Waals surface area contributed by atoms with Gasteiger partial charge in [-0.3, -0.25) is 0 Å². The van der Waals surface area contributed by atoms with E-state index in [1.54, 1.807) is 6.07 Å². The van der Waals surface area contributed by atoms with E-state index in [0.717, 1.165) is 4.88 Å². The van der Waals surface area contributed by atoms with Gasteiger partial charge in [0.25, 0.3) is 0 Å². The van der Waals surface area contributed by atoms with Gasteiger partial charge in [-0.15, -0.1) is 11.3 Å². The number of rotatable bonds is 4. The van der Waals surface area contributed by atoms with Crippen LogP contribution in [0.25, 0.3) is 0 Å². The zero-order chi connectivity index (χ0) is 16.2. The monoisotopic (exact) mass is 349 g/mol. The van der Waals surface area contributed by atoms with E-state index in [2.05, 4.69) is 9.88 Å². The van der Waals surface area contributed by atoms with Crippen molar-refractivity contribution in [2.45, 2.75) is 18.6 Å². The molecule has 1 aliphatic rings. The number of aliphatic hydroxyl groups is 1. The highest BCUT2D eigenvalue weighted by atomic mass is 35.5. The van der Waals surface area contributed by atoms with Gasteiger partial charge in [-0.2, -0.15) is 5.26 Å². The molecule has 0 radical (unpaired) electrons. The third-order valence-corrected chi connectivity index (χ3v) is 5.07. The van der Waals surface area contributed by atoms with E-state index in [0.29, 0.717) is 42.6 Å². The van der Waals surface area contributed by atoms with Gasteiger partial charge in [0.15, 0.2) is 0 Å². The van der Waals surface area contributed by atoms with Crippen molar-refractivity contribution in [3.8, 4) is 6.07 Å². The minimum Gasteiger partial charge on any atom is -0.387 e. The van der Waals surface area contributed by atoms with Crippen molar-refractivity contribution >= 4 is 28.8 Å². The maximum Gasteiger partial charge on any atom is 0.147 e. The fourth-order valence-electron chi connectivity index (χ4n) is 2.69. The number of nitriles is 1. The van der Waals surface area contributed by atoms with Crippen molar-refractivity contribution < 1.29 is 9.84 Å². The number of hydrogen-bond acceptors (Lipinski definition) is 6. The lowest BCUT2D eigenvalue weighted by Crippen LogP contribution is -2.46. The fraction of sp³-hybridized carbons (Fsp3) is 0.375. The van der Waals surface area contributed by atoms with Crippen molar-refractivity contribution in [1.29, 1.82) is 5.26 Å². The van der Waals surface area contributed by atoms with Gasteiger partial charge in [-0.1, -0.05) is 17.7 Å². The van der Waals surface area contributed by atoms with Crippen molar-refractivity contribution in [2.75, 3.05) is 24.7 Å². The smallest absolute Gasteiger partial charge is 0.147 e. The van der Waals surface area contributed by atoms with Crippen LogP contribution in [-0.4, -0.2) is 35.9 Å². The van der Waals surface area contributed by atoms with Gasteiger partial charge < -0.3 is 14.7 Å². The standard InChI is InChI=1S/C16H16ClN3O2S/c17-13-6-11(8-18)9-19-16(13)20-3-4-22-10-12(20)7-14(21)15-2-1-5-23-15/h1-2,5-6,9,12,14,21H,3-4,7,10H2/t12-,14+/m1/s1. The van der Waals surface area contributed by atoms with Gasteiger partial charge in [0.1, 0.15) is 11.9 Å².